The first-order chi connectivity index (χ1) is 8.29. The fourth-order valence-corrected chi connectivity index (χ4v) is 2.58. The van der Waals surface area contributed by atoms with Crippen LogP contribution in [0.25, 0.3) is 0 Å². The Hall–Kier alpha value is -0.800. The van der Waals surface area contributed by atoms with Gasteiger partial charge in [-0.1, -0.05) is 12.8 Å². The lowest BCUT2D eigenvalue weighted by molar-refractivity contribution is 0.189. The first-order valence-electron chi connectivity index (χ1n) is 6.74. The lowest BCUT2D eigenvalue weighted by Crippen LogP contribution is -2.31. The van der Waals surface area contributed by atoms with Gasteiger partial charge in [0, 0.05) is 18.2 Å². The maximum Gasteiger partial charge on any atom is 0.118 e. The Bertz CT molecular complexity index is 335. The number of rotatable bonds is 4. The van der Waals surface area contributed by atoms with Gasteiger partial charge in [0.25, 0.3) is 0 Å². The van der Waals surface area contributed by atoms with Crippen LogP contribution in [0.5, 0.6) is 0 Å². The second kappa shape index (κ2) is 6.22. The molecule has 1 aliphatic heterocycles. The number of hydrogen-bond donors (Lipinski definition) is 1. The summed E-state index contributed by atoms with van der Waals surface area (Å²) in [5.41, 5.74) is 1.24. The number of nitrogens with zero attached hydrogens (tertiary/aromatic N) is 1. The van der Waals surface area contributed by atoms with E-state index in [0.29, 0.717) is 6.04 Å². The second-order valence-electron chi connectivity index (χ2n) is 5.12. The molecule has 0 bridgehead atoms. The van der Waals surface area contributed by atoms with Crippen molar-refractivity contribution in [3.05, 3.63) is 23.7 Å². The molecule has 1 N–H and O–H groups in total. The Morgan fingerprint density at radius 3 is 3.12 bits per heavy atom. The van der Waals surface area contributed by atoms with Gasteiger partial charge in [0.15, 0.2) is 0 Å². The first kappa shape index (κ1) is 12.7. The first-order valence-corrected chi connectivity index (χ1v) is 6.74. The average Bonchev–Trinajstić information content (AvgIpc) is 2.65. The molecule has 1 atom stereocenters. The van der Waals surface area contributed by atoms with Gasteiger partial charge in [-0.15, -0.1) is 0 Å². The summed E-state index contributed by atoms with van der Waals surface area (Å²) in [6.07, 6.45) is 7.28. The topological polar surface area (TPSA) is 28.4 Å². The molecule has 1 fully saturated rings. The van der Waals surface area contributed by atoms with Gasteiger partial charge in [-0.05, 0) is 39.4 Å². The zero-order valence-electron chi connectivity index (χ0n) is 11.0. The molecule has 1 unspecified atom stereocenters. The normalized spacial score (nSPS) is 22.6. The van der Waals surface area contributed by atoms with Crippen molar-refractivity contribution in [2.24, 2.45) is 0 Å². The predicted octanol–water partition coefficient (Wildman–Crippen LogP) is 2.76. The molecule has 0 saturated carbocycles. The molecule has 1 aromatic rings. The molecule has 1 saturated heterocycles. The third-order valence-electron chi connectivity index (χ3n) is 3.64. The molecular weight excluding hydrogens is 212 g/mol. The van der Waals surface area contributed by atoms with Crippen LogP contribution in [0.1, 0.15) is 43.9 Å². The Morgan fingerprint density at radius 1 is 1.41 bits per heavy atom. The SMILES string of the molecule is CNCc1coc(CN2CCCCCC2C)c1. The van der Waals surface area contributed by atoms with Crippen LogP contribution in [0.3, 0.4) is 0 Å². The van der Waals surface area contributed by atoms with E-state index in [4.69, 9.17) is 4.42 Å². The summed E-state index contributed by atoms with van der Waals surface area (Å²) >= 11 is 0. The van der Waals surface area contributed by atoms with E-state index < -0.39 is 0 Å². The lowest BCUT2D eigenvalue weighted by atomic mass is 10.1. The summed E-state index contributed by atoms with van der Waals surface area (Å²) in [5.74, 6) is 1.10. The van der Waals surface area contributed by atoms with Crippen molar-refractivity contribution >= 4 is 0 Å². The molecule has 2 rings (SSSR count). The summed E-state index contributed by atoms with van der Waals surface area (Å²) in [6.45, 7) is 5.40. The van der Waals surface area contributed by atoms with E-state index in [2.05, 4.69) is 23.2 Å². The van der Waals surface area contributed by atoms with E-state index in [-0.39, 0.29) is 0 Å². The quantitative estimate of drug-likeness (QED) is 0.871. The minimum absolute atomic E-state index is 0.690. The minimum Gasteiger partial charge on any atom is -0.468 e. The van der Waals surface area contributed by atoms with Crippen molar-refractivity contribution in [1.82, 2.24) is 10.2 Å². The number of hydrogen-bond acceptors (Lipinski definition) is 3. The van der Waals surface area contributed by atoms with Crippen LogP contribution >= 0.6 is 0 Å². The van der Waals surface area contributed by atoms with Crippen molar-refractivity contribution in [1.29, 1.82) is 0 Å². The van der Waals surface area contributed by atoms with Gasteiger partial charge in [-0.3, -0.25) is 4.90 Å². The molecule has 1 aliphatic rings. The molecular formula is C14H24N2O. The largest absolute Gasteiger partial charge is 0.468 e. The molecule has 0 aliphatic carbocycles. The maximum absolute atomic E-state index is 5.63. The van der Waals surface area contributed by atoms with Crippen molar-refractivity contribution < 1.29 is 4.42 Å². The Balaban J connectivity index is 1.93. The standard InChI is InChI=1S/C14H24N2O/c1-12-6-4-3-5-7-16(12)10-14-8-13(9-15-2)11-17-14/h8,11-12,15H,3-7,9-10H2,1-2H3. The van der Waals surface area contributed by atoms with Gasteiger partial charge >= 0.3 is 0 Å². The highest BCUT2D eigenvalue weighted by atomic mass is 16.3. The fourth-order valence-electron chi connectivity index (χ4n) is 2.58. The molecule has 0 spiro atoms. The minimum atomic E-state index is 0.690. The molecule has 17 heavy (non-hydrogen) atoms. The zero-order valence-corrected chi connectivity index (χ0v) is 11.0. The summed E-state index contributed by atoms with van der Waals surface area (Å²) in [6, 6.07) is 2.86. The Morgan fingerprint density at radius 2 is 2.29 bits per heavy atom. The molecule has 1 aromatic heterocycles. The highest BCUT2D eigenvalue weighted by Crippen LogP contribution is 2.19. The molecule has 3 nitrogen and oxygen atoms in total. The summed E-state index contributed by atoms with van der Waals surface area (Å²) in [5, 5.41) is 3.15. The number of furan rings is 1. The fraction of sp³-hybridized carbons (Fsp3) is 0.714. The lowest BCUT2D eigenvalue weighted by Gasteiger charge is -2.25. The van der Waals surface area contributed by atoms with Crippen molar-refractivity contribution in [3.8, 4) is 0 Å². The average molecular weight is 236 g/mol. The zero-order chi connectivity index (χ0) is 12.1. The van der Waals surface area contributed by atoms with E-state index in [1.807, 2.05) is 13.3 Å². The number of nitrogens with one attached hydrogen (secondary N) is 1. The van der Waals surface area contributed by atoms with Gasteiger partial charge in [-0.25, -0.2) is 0 Å². The van der Waals surface area contributed by atoms with Crippen molar-refractivity contribution in [2.45, 2.75) is 51.7 Å². The molecule has 2 heterocycles. The molecule has 0 radical (unpaired) electrons. The Kier molecular flexibility index (Phi) is 4.63. The van der Waals surface area contributed by atoms with E-state index in [1.165, 1.54) is 37.8 Å². The van der Waals surface area contributed by atoms with Crippen LogP contribution in [0.2, 0.25) is 0 Å². The van der Waals surface area contributed by atoms with Gasteiger partial charge in [0.1, 0.15) is 5.76 Å². The highest BCUT2D eigenvalue weighted by Gasteiger charge is 2.18. The number of likely N-dealkylation sites (tertiary alicyclic amines) is 1. The van der Waals surface area contributed by atoms with Gasteiger partial charge in [-0.2, -0.15) is 0 Å². The molecule has 0 aromatic carbocycles. The van der Waals surface area contributed by atoms with Gasteiger partial charge in [0.05, 0.1) is 12.8 Å². The predicted molar refractivity (Wildman–Crippen MR) is 69.8 cm³/mol. The van der Waals surface area contributed by atoms with Crippen LogP contribution in [0.4, 0.5) is 0 Å². The molecule has 0 amide bonds. The van der Waals surface area contributed by atoms with Gasteiger partial charge < -0.3 is 9.73 Å². The smallest absolute Gasteiger partial charge is 0.118 e. The van der Waals surface area contributed by atoms with Crippen LogP contribution in [-0.2, 0) is 13.1 Å². The molecule has 96 valence electrons. The monoisotopic (exact) mass is 236 g/mol. The van der Waals surface area contributed by atoms with Crippen molar-refractivity contribution in [3.63, 3.8) is 0 Å². The van der Waals surface area contributed by atoms with Crippen LogP contribution in [0.15, 0.2) is 16.7 Å². The molecule has 3 heteroatoms. The summed E-state index contributed by atoms with van der Waals surface area (Å²) in [7, 11) is 1.96. The van der Waals surface area contributed by atoms with Crippen LogP contribution in [-0.4, -0.2) is 24.5 Å². The van der Waals surface area contributed by atoms with Gasteiger partial charge in [0.2, 0.25) is 0 Å². The van der Waals surface area contributed by atoms with Crippen molar-refractivity contribution in [2.75, 3.05) is 13.6 Å². The van der Waals surface area contributed by atoms with E-state index in [1.54, 1.807) is 0 Å². The maximum atomic E-state index is 5.63. The third-order valence-corrected chi connectivity index (χ3v) is 3.64. The van der Waals surface area contributed by atoms with Crippen LogP contribution < -0.4 is 5.32 Å². The third kappa shape index (κ3) is 3.58. The van der Waals surface area contributed by atoms with E-state index in [9.17, 15) is 0 Å². The summed E-state index contributed by atoms with van der Waals surface area (Å²) in [4.78, 5) is 2.55. The van der Waals surface area contributed by atoms with E-state index >= 15 is 0 Å². The Labute approximate surface area is 104 Å². The van der Waals surface area contributed by atoms with E-state index in [0.717, 1.165) is 18.8 Å². The van der Waals surface area contributed by atoms with Crippen LogP contribution in [0, 0.1) is 0 Å². The summed E-state index contributed by atoms with van der Waals surface area (Å²) < 4.78 is 5.63. The second-order valence-corrected chi connectivity index (χ2v) is 5.12. The highest BCUT2D eigenvalue weighted by molar-refractivity contribution is 5.12.